The molecule has 1 fully saturated rings. The van der Waals surface area contributed by atoms with Crippen molar-refractivity contribution in [2.75, 3.05) is 11.9 Å². The Morgan fingerprint density at radius 1 is 1.42 bits per heavy atom. The molecule has 0 aromatic carbocycles. The first-order valence-electron chi connectivity index (χ1n) is 6.36. The van der Waals surface area contributed by atoms with Crippen molar-refractivity contribution in [1.29, 1.82) is 0 Å². The van der Waals surface area contributed by atoms with E-state index in [1.165, 1.54) is 6.20 Å². The number of carboxylic acid groups (broad SMARTS) is 1. The highest BCUT2D eigenvalue weighted by Crippen LogP contribution is 2.11. The third-order valence-corrected chi connectivity index (χ3v) is 3.05. The Hall–Kier alpha value is -1.95. The number of amides is 1. The van der Waals surface area contributed by atoms with Gasteiger partial charge in [0.1, 0.15) is 0 Å². The average Bonchev–Trinajstić information content (AvgIpc) is 2.41. The van der Waals surface area contributed by atoms with Crippen LogP contribution < -0.4 is 10.6 Å². The number of aliphatic carboxylic acids is 1. The van der Waals surface area contributed by atoms with Crippen molar-refractivity contribution in [3.8, 4) is 0 Å². The Balaban J connectivity index is 1.91. The quantitative estimate of drug-likeness (QED) is 0.747. The molecule has 102 valence electrons. The first-order chi connectivity index (χ1) is 9.15. The maximum absolute atomic E-state index is 11.9. The van der Waals surface area contributed by atoms with Crippen LogP contribution >= 0.6 is 0 Å². The van der Waals surface area contributed by atoms with Crippen LogP contribution in [0.5, 0.6) is 0 Å². The van der Waals surface area contributed by atoms with E-state index in [1.807, 2.05) is 0 Å². The molecule has 19 heavy (non-hydrogen) atoms. The Bertz CT molecular complexity index is 453. The lowest BCUT2D eigenvalue weighted by Crippen LogP contribution is -2.43. The van der Waals surface area contributed by atoms with Gasteiger partial charge < -0.3 is 15.7 Å². The third-order valence-electron chi connectivity index (χ3n) is 3.05. The molecule has 1 aliphatic heterocycles. The van der Waals surface area contributed by atoms with Crippen LogP contribution in [-0.2, 0) is 16.0 Å². The zero-order valence-corrected chi connectivity index (χ0v) is 10.6. The molecule has 6 heteroatoms. The van der Waals surface area contributed by atoms with Gasteiger partial charge in [-0.2, -0.15) is 0 Å². The highest BCUT2D eigenvalue weighted by Gasteiger charge is 2.20. The SMILES string of the molecule is O=C(O)Cc1ccc(NC(=O)C2CCCCN2)cn1. The summed E-state index contributed by atoms with van der Waals surface area (Å²) in [4.78, 5) is 26.5. The number of nitrogens with zero attached hydrogens (tertiary/aromatic N) is 1. The lowest BCUT2D eigenvalue weighted by Gasteiger charge is -2.22. The number of carbonyl (C=O) groups is 2. The number of aromatic nitrogens is 1. The summed E-state index contributed by atoms with van der Waals surface area (Å²) in [5.74, 6) is -0.983. The van der Waals surface area contributed by atoms with E-state index in [2.05, 4.69) is 15.6 Å². The summed E-state index contributed by atoms with van der Waals surface area (Å²) in [6, 6.07) is 3.14. The normalized spacial score (nSPS) is 18.8. The number of piperidine rings is 1. The van der Waals surface area contributed by atoms with Gasteiger partial charge in [-0.05, 0) is 31.5 Å². The van der Waals surface area contributed by atoms with Crippen molar-refractivity contribution in [2.45, 2.75) is 31.7 Å². The minimum Gasteiger partial charge on any atom is -0.481 e. The van der Waals surface area contributed by atoms with Crippen LogP contribution in [0.1, 0.15) is 25.0 Å². The molecule has 1 aromatic heterocycles. The largest absolute Gasteiger partial charge is 0.481 e. The van der Waals surface area contributed by atoms with Gasteiger partial charge in [-0.15, -0.1) is 0 Å². The average molecular weight is 263 g/mol. The Morgan fingerprint density at radius 2 is 2.26 bits per heavy atom. The van der Waals surface area contributed by atoms with Gasteiger partial charge in [-0.3, -0.25) is 14.6 Å². The van der Waals surface area contributed by atoms with Gasteiger partial charge in [0.15, 0.2) is 0 Å². The van der Waals surface area contributed by atoms with Gasteiger partial charge in [-0.25, -0.2) is 0 Å². The topological polar surface area (TPSA) is 91.3 Å². The fourth-order valence-electron chi connectivity index (χ4n) is 2.06. The maximum atomic E-state index is 11.9. The van der Waals surface area contributed by atoms with Gasteiger partial charge in [0.25, 0.3) is 0 Å². The van der Waals surface area contributed by atoms with Crippen LogP contribution in [0.15, 0.2) is 18.3 Å². The second kappa shape index (κ2) is 6.29. The van der Waals surface area contributed by atoms with Crippen molar-refractivity contribution in [3.05, 3.63) is 24.0 Å². The van der Waals surface area contributed by atoms with E-state index in [1.54, 1.807) is 12.1 Å². The van der Waals surface area contributed by atoms with Crippen LogP contribution in [0, 0.1) is 0 Å². The molecule has 1 atom stereocenters. The fourth-order valence-corrected chi connectivity index (χ4v) is 2.06. The summed E-state index contributed by atoms with van der Waals surface area (Å²) >= 11 is 0. The molecule has 3 N–H and O–H groups in total. The minimum atomic E-state index is -0.921. The van der Waals surface area contributed by atoms with E-state index >= 15 is 0 Å². The summed E-state index contributed by atoms with van der Waals surface area (Å²) in [5.41, 5.74) is 1.06. The molecule has 1 aromatic rings. The molecule has 1 aliphatic rings. The smallest absolute Gasteiger partial charge is 0.309 e. The van der Waals surface area contributed by atoms with Crippen molar-refractivity contribution >= 4 is 17.6 Å². The standard InChI is InChI=1S/C13H17N3O3/c17-12(18)7-9-4-5-10(8-15-9)16-13(19)11-3-1-2-6-14-11/h4-5,8,11,14H,1-3,6-7H2,(H,16,19)(H,17,18). The zero-order valence-electron chi connectivity index (χ0n) is 10.6. The number of rotatable bonds is 4. The van der Waals surface area contributed by atoms with Crippen molar-refractivity contribution in [3.63, 3.8) is 0 Å². The molecule has 0 aliphatic carbocycles. The van der Waals surface area contributed by atoms with E-state index < -0.39 is 5.97 Å². The predicted octanol–water partition coefficient (Wildman–Crippen LogP) is 0.789. The molecule has 1 unspecified atom stereocenters. The number of nitrogens with one attached hydrogen (secondary N) is 2. The van der Waals surface area contributed by atoms with Crippen LogP contribution in [0.25, 0.3) is 0 Å². The van der Waals surface area contributed by atoms with Gasteiger partial charge in [0.05, 0.1) is 30.0 Å². The molecule has 6 nitrogen and oxygen atoms in total. The number of pyridine rings is 1. The summed E-state index contributed by atoms with van der Waals surface area (Å²) in [7, 11) is 0. The molecule has 0 spiro atoms. The summed E-state index contributed by atoms with van der Waals surface area (Å²) in [6.07, 6.45) is 4.38. The van der Waals surface area contributed by atoms with Crippen LogP contribution in [0.3, 0.4) is 0 Å². The molecule has 2 heterocycles. The highest BCUT2D eigenvalue weighted by molar-refractivity contribution is 5.94. The first kappa shape index (κ1) is 13.5. The van der Waals surface area contributed by atoms with Crippen molar-refractivity contribution in [1.82, 2.24) is 10.3 Å². The summed E-state index contributed by atoms with van der Waals surface area (Å²) in [5, 5.41) is 14.6. The van der Waals surface area contributed by atoms with Crippen LogP contribution in [0.4, 0.5) is 5.69 Å². The van der Waals surface area contributed by atoms with E-state index in [-0.39, 0.29) is 18.4 Å². The van der Waals surface area contributed by atoms with Crippen molar-refractivity contribution < 1.29 is 14.7 Å². The third kappa shape index (κ3) is 4.03. The second-order valence-corrected chi connectivity index (χ2v) is 4.60. The van der Waals surface area contributed by atoms with E-state index in [9.17, 15) is 9.59 Å². The summed E-state index contributed by atoms with van der Waals surface area (Å²) < 4.78 is 0. The van der Waals surface area contributed by atoms with Gasteiger partial charge in [0, 0.05) is 0 Å². The molecular weight excluding hydrogens is 246 g/mol. The molecule has 0 saturated carbocycles. The molecular formula is C13H17N3O3. The molecule has 2 rings (SSSR count). The molecule has 0 radical (unpaired) electrons. The van der Waals surface area contributed by atoms with E-state index in [4.69, 9.17) is 5.11 Å². The van der Waals surface area contributed by atoms with E-state index in [0.717, 1.165) is 25.8 Å². The first-order valence-corrected chi connectivity index (χ1v) is 6.36. The second-order valence-electron chi connectivity index (χ2n) is 4.60. The number of hydrogen-bond acceptors (Lipinski definition) is 4. The van der Waals surface area contributed by atoms with Gasteiger partial charge >= 0.3 is 5.97 Å². The Labute approximate surface area is 111 Å². The number of carboxylic acids is 1. The molecule has 1 saturated heterocycles. The van der Waals surface area contributed by atoms with Gasteiger partial charge in [0.2, 0.25) is 5.91 Å². The number of carbonyl (C=O) groups excluding carboxylic acids is 1. The van der Waals surface area contributed by atoms with Crippen LogP contribution in [0.2, 0.25) is 0 Å². The molecule has 1 amide bonds. The molecule has 0 bridgehead atoms. The van der Waals surface area contributed by atoms with E-state index in [0.29, 0.717) is 11.4 Å². The van der Waals surface area contributed by atoms with Gasteiger partial charge in [-0.1, -0.05) is 6.42 Å². The number of hydrogen-bond donors (Lipinski definition) is 3. The summed E-state index contributed by atoms with van der Waals surface area (Å²) in [6.45, 7) is 0.869. The Morgan fingerprint density at radius 3 is 2.84 bits per heavy atom. The fraction of sp³-hybridized carbons (Fsp3) is 0.462. The Kier molecular flexibility index (Phi) is 4.46. The lowest BCUT2D eigenvalue weighted by atomic mass is 10.0. The number of anilines is 1. The zero-order chi connectivity index (χ0) is 13.7. The van der Waals surface area contributed by atoms with Crippen LogP contribution in [-0.4, -0.2) is 34.6 Å². The lowest BCUT2D eigenvalue weighted by molar-refractivity contribution is -0.136. The maximum Gasteiger partial charge on any atom is 0.309 e. The minimum absolute atomic E-state index is 0.0625. The van der Waals surface area contributed by atoms with Crippen molar-refractivity contribution in [2.24, 2.45) is 0 Å². The monoisotopic (exact) mass is 263 g/mol. The predicted molar refractivity (Wildman–Crippen MR) is 69.8 cm³/mol. The highest BCUT2D eigenvalue weighted by atomic mass is 16.4.